The van der Waals surface area contributed by atoms with Crippen LogP contribution >= 0.6 is 11.3 Å². The first kappa shape index (κ1) is 7.81. The molecule has 12 heavy (non-hydrogen) atoms. The zero-order valence-electron chi connectivity index (χ0n) is 7.42. The molecule has 0 nitrogen and oxygen atoms in total. The molecule has 0 saturated heterocycles. The van der Waals surface area contributed by atoms with Gasteiger partial charge in [0.05, 0.1) is 0 Å². The quantitative estimate of drug-likeness (QED) is 0.620. The molecule has 1 aromatic carbocycles. The predicted molar refractivity (Wildman–Crippen MR) is 55.9 cm³/mol. The van der Waals surface area contributed by atoms with E-state index in [1.807, 2.05) is 11.3 Å². The topological polar surface area (TPSA) is 0 Å². The lowest BCUT2D eigenvalue weighted by atomic mass is 10.1. The lowest BCUT2D eigenvalue weighted by Gasteiger charge is -1.96. The van der Waals surface area contributed by atoms with Crippen LogP contribution in [0.25, 0.3) is 10.1 Å². The van der Waals surface area contributed by atoms with Gasteiger partial charge in [0.25, 0.3) is 0 Å². The van der Waals surface area contributed by atoms with E-state index in [9.17, 15) is 0 Å². The second-order valence-corrected chi connectivity index (χ2v) is 4.30. The van der Waals surface area contributed by atoms with Crippen LogP contribution < -0.4 is 0 Å². The fraction of sp³-hybridized carbons (Fsp3) is 0.273. The predicted octanol–water partition coefficient (Wildman–Crippen LogP) is 3.77. The highest BCUT2D eigenvalue weighted by atomic mass is 32.1. The van der Waals surface area contributed by atoms with Gasteiger partial charge in [-0.3, -0.25) is 0 Å². The maximum Gasteiger partial charge on any atom is 0.0377 e. The molecule has 0 bridgehead atoms. The Kier molecular flexibility index (Phi) is 1.89. The third-order valence-electron chi connectivity index (χ3n) is 2.13. The Morgan fingerprint density at radius 3 is 2.92 bits per heavy atom. The van der Waals surface area contributed by atoms with E-state index >= 15 is 0 Å². The summed E-state index contributed by atoms with van der Waals surface area (Å²) >= 11 is 1.90. The first-order valence-electron chi connectivity index (χ1n) is 4.29. The summed E-state index contributed by atoms with van der Waals surface area (Å²) in [4.78, 5) is 1.41. The van der Waals surface area contributed by atoms with Crippen molar-refractivity contribution < 1.29 is 0 Å². The number of fused-ring (bicyclic) bond motifs is 1. The molecule has 0 N–H and O–H groups in total. The van der Waals surface area contributed by atoms with E-state index < -0.39 is 0 Å². The van der Waals surface area contributed by atoms with Crippen LogP contribution in [0.5, 0.6) is 0 Å². The summed E-state index contributed by atoms with van der Waals surface area (Å²) in [5.74, 6) is 0. The summed E-state index contributed by atoms with van der Waals surface area (Å²) in [6, 6.07) is 8.82. The molecule has 0 radical (unpaired) electrons. The molecule has 2 aromatic rings. The van der Waals surface area contributed by atoms with Crippen molar-refractivity contribution in [3.05, 3.63) is 34.7 Å². The highest BCUT2D eigenvalue weighted by Gasteiger charge is 2.01. The molecule has 0 aliphatic heterocycles. The van der Waals surface area contributed by atoms with Gasteiger partial charge in [0.1, 0.15) is 0 Å². The van der Waals surface area contributed by atoms with Crippen LogP contribution in [0.4, 0.5) is 0 Å². The van der Waals surface area contributed by atoms with Gasteiger partial charge in [-0.15, -0.1) is 11.3 Å². The lowest BCUT2D eigenvalue weighted by molar-refractivity contribution is 1.16. The van der Waals surface area contributed by atoms with Crippen molar-refractivity contribution in [3.63, 3.8) is 0 Å². The standard InChI is InChI=1S/C11H12S/c1-3-9-5-4-6-10-7-8(2)12-11(9)10/h4-7H,3H2,1-2H3. The van der Waals surface area contributed by atoms with Gasteiger partial charge in [-0.05, 0) is 30.4 Å². The van der Waals surface area contributed by atoms with Crippen LogP contribution in [-0.2, 0) is 6.42 Å². The summed E-state index contributed by atoms with van der Waals surface area (Å²) in [6.07, 6.45) is 1.14. The number of rotatable bonds is 1. The average Bonchev–Trinajstić information content (AvgIpc) is 2.44. The van der Waals surface area contributed by atoms with Gasteiger partial charge in [0.15, 0.2) is 0 Å². The van der Waals surface area contributed by atoms with Gasteiger partial charge < -0.3 is 0 Å². The monoisotopic (exact) mass is 176 g/mol. The van der Waals surface area contributed by atoms with Crippen LogP contribution in [0.3, 0.4) is 0 Å². The maximum atomic E-state index is 2.26. The molecule has 0 spiro atoms. The molecule has 62 valence electrons. The second-order valence-electron chi connectivity index (χ2n) is 3.05. The molecule has 1 heteroatoms. The van der Waals surface area contributed by atoms with Crippen LogP contribution in [0.2, 0.25) is 0 Å². The first-order valence-corrected chi connectivity index (χ1v) is 5.11. The fourth-order valence-corrected chi connectivity index (χ4v) is 2.63. The van der Waals surface area contributed by atoms with E-state index in [0.717, 1.165) is 6.42 Å². The third kappa shape index (κ3) is 1.14. The van der Waals surface area contributed by atoms with Crippen molar-refractivity contribution in [2.75, 3.05) is 0 Å². The summed E-state index contributed by atoms with van der Waals surface area (Å²) < 4.78 is 1.47. The molecule has 2 rings (SSSR count). The smallest absolute Gasteiger partial charge is 0.0377 e. The second kappa shape index (κ2) is 2.91. The lowest BCUT2D eigenvalue weighted by Crippen LogP contribution is -1.77. The molecule has 0 fully saturated rings. The molecule has 0 amide bonds. The Morgan fingerprint density at radius 2 is 2.17 bits per heavy atom. The van der Waals surface area contributed by atoms with Crippen molar-refractivity contribution in [2.45, 2.75) is 20.3 Å². The number of hydrogen-bond donors (Lipinski definition) is 0. The molecular weight excluding hydrogens is 164 g/mol. The van der Waals surface area contributed by atoms with E-state index in [1.165, 1.54) is 20.5 Å². The van der Waals surface area contributed by atoms with Crippen molar-refractivity contribution >= 4 is 21.4 Å². The van der Waals surface area contributed by atoms with Crippen LogP contribution in [-0.4, -0.2) is 0 Å². The summed E-state index contributed by atoms with van der Waals surface area (Å²) in [6.45, 7) is 4.38. The van der Waals surface area contributed by atoms with E-state index in [0.29, 0.717) is 0 Å². The third-order valence-corrected chi connectivity index (χ3v) is 3.27. The van der Waals surface area contributed by atoms with Gasteiger partial charge in [-0.1, -0.05) is 25.1 Å². The SMILES string of the molecule is CCc1cccc2cc(C)sc12. The molecule has 0 atom stereocenters. The van der Waals surface area contributed by atoms with Crippen LogP contribution in [0.15, 0.2) is 24.3 Å². The Balaban J connectivity index is 2.78. The van der Waals surface area contributed by atoms with Crippen LogP contribution in [0, 0.1) is 6.92 Å². The molecule has 0 aliphatic rings. The number of thiophene rings is 1. The van der Waals surface area contributed by atoms with Gasteiger partial charge in [0, 0.05) is 9.58 Å². The molecule has 0 unspecified atom stereocenters. The van der Waals surface area contributed by atoms with Crippen molar-refractivity contribution in [1.29, 1.82) is 0 Å². The minimum atomic E-state index is 1.14. The largest absolute Gasteiger partial charge is 0.140 e. The molecule has 0 aliphatic carbocycles. The molecular formula is C11H12S. The van der Waals surface area contributed by atoms with Gasteiger partial charge in [-0.25, -0.2) is 0 Å². The van der Waals surface area contributed by atoms with E-state index in [4.69, 9.17) is 0 Å². The van der Waals surface area contributed by atoms with Crippen molar-refractivity contribution in [3.8, 4) is 0 Å². The summed E-state index contributed by atoms with van der Waals surface area (Å²) in [5, 5.41) is 1.40. The number of aryl methyl sites for hydroxylation is 2. The average molecular weight is 176 g/mol. The van der Waals surface area contributed by atoms with E-state index in [1.54, 1.807) is 0 Å². The Bertz CT molecular complexity index is 398. The highest BCUT2D eigenvalue weighted by molar-refractivity contribution is 7.19. The van der Waals surface area contributed by atoms with E-state index in [2.05, 4.69) is 38.1 Å². The zero-order chi connectivity index (χ0) is 8.55. The highest BCUT2D eigenvalue weighted by Crippen LogP contribution is 2.28. The Labute approximate surface area is 76.8 Å². The van der Waals surface area contributed by atoms with Gasteiger partial charge in [0.2, 0.25) is 0 Å². The number of hydrogen-bond acceptors (Lipinski definition) is 1. The Morgan fingerprint density at radius 1 is 1.33 bits per heavy atom. The number of benzene rings is 1. The van der Waals surface area contributed by atoms with Gasteiger partial charge in [-0.2, -0.15) is 0 Å². The van der Waals surface area contributed by atoms with Crippen LogP contribution in [0.1, 0.15) is 17.4 Å². The minimum Gasteiger partial charge on any atom is -0.140 e. The Hall–Kier alpha value is -0.820. The van der Waals surface area contributed by atoms with Crippen molar-refractivity contribution in [2.24, 2.45) is 0 Å². The fourth-order valence-electron chi connectivity index (χ4n) is 1.53. The van der Waals surface area contributed by atoms with Crippen molar-refractivity contribution in [1.82, 2.24) is 0 Å². The summed E-state index contributed by atoms with van der Waals surface area (Å²) in [5.41, 5.74) is 1.48. The summed E-state index contributed by atoms with van der Waals surface area (Å²) in [7, 11) is 0. The van der Waals surface area contributed by atoms with E-state index in [-0.39, 0.29) is 0 Å². The van der Waals surface area contributed by atoms with Gasteiger partial charge >= 0.3 is 0 Å². The zero-order valence-corrected chi connectivity index (χ0v) is 8.24. The normalized spacial score (nSPS) is 10.8. The molecule has 0 saturated carbocycles. The molecule has 1 heterocycles. The molecule has 1 aromatic heterocycles. The maximum absolute atomic E-state index is 2.26. The minimum absolute atomic E-state index is 1.14. The first-order chi connectivity index (χ1) is 5.81.